The largest absolute Gasteiger partial charge is 0.369 e. The molecule has 0 radical (unpaired) electrons. The van der Waals surface area contributed by atoms with E-state index in [9.17, 15) is 0 Å². The van der Waals surface area contributed by atoms with E-state index in [-0.39, 0.29) is 0 Å². The maximum Gasteiger partial charge on any atom is 0.145 e. The Bertz CT molecular complexity index is 369. The van der Waals surface area contributed by atoms with Crippen molar-refractivity contribution in [2.45, 2.75) is 26.8 Å². The van der Waals surface area contributed by atoms with Gasteiger partial charge in [-0.15, -0.1) is 0 Å². The number of hydrogen-bond donors (Lipinski definition) is 2. The molecule has 0 atom stereocenters. The van der Waals surface area contributed by atoms with Gasteiger partial charge >= 0.3 is 0 Å². The lowest BCUT2D eigenvalue weighted by molar-refractivity contribution is 0.284. The van der Waals surface area contributed by atoms with E-state index in [0.29, 0.717) is 6.04 Å². The summed E-state index contributed by atoms with van der Waals surface area (Å²) in [6.07, 6.45) is 1.57. The fourth-order valence-electron chi connectivity index (χ4n) is 1.39. The molecule has 6 heteroatoms. The van der Waals surface area contributed by atoms with Gasteiger partial charge < -0.3 is 15.5 Å². The van der Waals surface area contributed by atoms with E-state index in [4.69, 9.17) is 0 Å². The van der Waals surface area contributed by atoms with Crippen LogP contribution in [0.2, 0.25) is 0 Å². The van der Waals surface area contributed by atoms with Gasteiger partial charge in [0.1, 0.15) is 22.4 Å². The van der Waals surface area contributed by atoms with Gasteiger partial charge in [0, 0.05) is 25.7 Å². The van der Waals surface area contributed by atoms with Gasteiger partial charge in [-0.05, 0) is 43.7 Å². The van der Waals surface area contributed by atoms with E-state index in [1.54, 1.807) is 6.33 Å². The number of halogens is 1. The Morgan fingerprint density at radius 2 is 1.89 bits per heavy atom. The Morgan fingerprint density at radius 1 is 1.28 bits per heavy atom. The van der Waals surface area contributed by atoms with Crippen LogP contribution in [0.5, 0.6) is 0 Å². The lowest BCUT2D eigenvalue weighted by Gasteiger charge is -2.21. The standard InChI is InChI=1S/C12H22BrN5/c1-5-14-11-10(13)12(17-8-16-11)15-6-7-18(4)9(2)3/h8-9H,5-7H2,1-4H3,(H2,14,15,16,17). The SMILES string of the molecule is CCNc1ncnc(NCCN(C)C(C)C)c1Br. The van der Waals surface area contributed by atoms with Crippen molar-refractivity contribution in [1.82, 2.24) is 14.9 Å². The monoisotopic (exact) mass is 315 g/mol. The Kier molecular flexibility index (Phi) is 6.35. The van der Waals surface area contributed by atoms with Crippen LogP contribution in [-0.4, -0.2) is 47.6 Å². The fourth-order valence-corrected chi connectivity index (χ4v) is 1.88. The third-order valence-corrected chi connectivity index (χ3v) is 3.52. The van der Waals surface area contributed by atoms with Crippen molar-refractivity contribution in [2.75, 3.05) is 37.3 Å². The summed E-state index contributed by atoms with van der Waals surface area (Å²) >= 11 is 3.51. The van der Waals surface area contributed by atoms with Crippen molar-refractivity contribution >= 4 is 27.6 Å². The summed E-state index contributed by atoms with van der Waals surface area (Å²) in [6.45, 7) is 9.08. The highest BCUT2D eigenvalue weighted by atomic mass is 79.9. The summed E-state index contributed by atoms with van der Waals surface area (Å²) in [7, 11) is 2.12. The second kappa shape index (κ2) is 7.53. The second-order valence-corrected chi connectivity index (χ2v) is 5.21. The molecule has 0 aliphatic rings. The minimum atomic E-state index is 0.554. The van der Waals surface area contributed by atoms with Crippen LogP contribution in [0.25, 0.3) is 0 Å². The molecular weight excluding hydrogens is 294 g/mol. The van der Waals surface area contributed by atoms with Crippen LogP contribution in [0.1, 0.15) is 20.8 Å². The lowest BCUT2D eigenvalue weighted by atomic mass is 10.3. The molecule has 0 saturated heterocycles. The molecule has 0 fully saturated rings. The quantitative estimate of drug-likeness (QED) is 0.809. The van der Waals surface area contributed by atoms with Gasteiger partial charge in [0.25, 0.3) is 0 Å². The number of aromatic nitrogens is 2. The zero-order chi connectivity index (χ0) is 13.5. The van der Waals surface area contributed by atoms with Gasteiger partial charge in [-0.3, -0.25) is 0 Å². The normalized spacial score (nSPS) is 11.1. The molecule has 0 bridgehead atoms. The molecule has 0 amide bonds. The van der Waals surface area contributed by atoms with Gasteiger partial charge in [-0.25, -0.2) is 9.97 Å². The van der Waals surface area contributed by atoms with Crippen molar-refractivity contribution in [1.29, 1.82) is 0 Å². The number of likely N-dealkylation sites (N-methyl/N-ethyl adjacent to an activating group) is 1. The zero-order valence-corrected chi connectivity index (χ0v) is 13.1. The second-order valence-electron chi connectivity index (χ2n) is 4.42. The minimum absolute atomic E-state index is 0.554. The molecule has 1 heterocycles. The maximum absolute atomic E-state index is 4.24. The summed E-state index contributed by atoms with van der Waals surface area (Å²) in [6, 6.07) is 0.554. The van der Waals surface area contributed by atoms with Crippen molar-refractivity contribution in [3.63, 3.8) is 0 Å². The number of nitrogens with one attached hydrogen (secondary N) is 2. The van der Waals surface area contributed by atoms with Gasteiger partial charge in [0.2, 0.25) is 0 Å². The Morgan fingerprint density at radius 3 is 2.44 bits per heavy atom. The average molecular weight is 316 g/mol. The summed E-state index contributed by atoms with van der Waals surface area (Å²) in [5.74, 6) is 1.66. The molecule has 1 rings (SSSR count). The first-order chi connectivity index (χ1) is 8.56. The molecule has 0 aliphatic heterocycles. The summed E-state index contributed by atoms with van der Waals surface area (Å²) in [4.78, 5) is 10.7. The first-order valence-electron chi connectivity index (χ1n) is 6.24. The highest BCUT2D eigenvalue weighted by molar-refractivity contribution is 9.10. The predicted molar refractivity (Wildman–Crippen MR) is 80.2 cm³/mol. The van der Waals surface area contributed by atoms with Crippen LogP contribution < -0.4 is 10.6 Å². The van der Waals surface area contributed by atoms with Crippen LogP contribution >= 0.6 is 15.9 Å². The van der Waals surface area contributed by atoms with E-state index < -0.39 is 0 Å². The molecule has 0 saturated carbocycles. The molecule has 0 aliphatic carbocycles. The van der Waals surface area contributed by atoms with E-state index in [1.165, 1.54) is 0 Å². The maximum atomic E-state index is 4.24. The van der Waals surface area contributed by atoms with Crippen LogP contribution in [0, 0.1) is 0 Å². The summed E-state index contributed by atoms with van der Waals surface area (Å²) < 4.78 is 0.888. The lowest BCUT2D eigenvalue weighted by Crippen LogP contribution is -2.31. The molecule has 102 valence electrons. The van der Waals surface area contributed by atoms with E-state index >= 15 is 0 Å². The van der Waals surface area contributed by atoms with Crippen molar-refractivity contribution in [3.05, 3.63) is 10.8 Å². The Labute approximate surface area is 118 Å². The first kappa shape index (κ1) is 15.2. The summed E-state index contributed by atoms with van der Waals surface area (Å²) in [5.41, 5.74) is 0. The number of anilines is 2. The molecule has 0 aromatic carbocycles. The third kappa shape index (κ3) is 4.42. The van der Waals surface area contributed by atoms with Crippen molar-refractivity contribution in [3.8, 4) is 0 Å². The highest BCUT2D eigenvalue weighted by Crippen LogP contribution is 2.25. The van der Waals surface area contributed by atoms with E-state index in [1.807, 2.05) is 6.92 Å². The van der Waals surface area contributed by atoms with Gasteiger partial charge in [-0.1, -0.05) is 0 Å². The van der Waals surface area contributed by atoms with E-state index in [2.05, 4.69) is 62.3 Å². The number of nitrogens with zero attached hydrogens (tertiary/aromatic N) is 3. The molecule has 1 aromatic heterocycles. The van der Waals surface area contributed by atoms with Crippen molar-refractivity contribution < 1.29 is 0 Å². The summed E-state index contributed by atoms with van der Waals surface area (Å²) in [5, 5.41) is 6.50. The third-order valence-electron chi connectivity index (χ3n) is 2.77. The van der Waals surface area contributed by atoms with Gasteiger partial charge in [-0.2, -0.15) is 0 Å². The number of rotatable bonds is 7. The van der Waals surface area contributed by atoms with Crippen LogP contribution in [-0.2, 0) is 0 Å². The molecule has 2 N–H and O–H groups in total. The topological polar surface area (TPSA) is 53.1 Å². The number of hydrogen-bond acceptors (Lipinski definition) is 5. The smallest absolute Gasteiger partial charge is 0.145 e. The molecular formula is C12H22BrN5. The predicted octanol–water partition coefficient (Wildman–Crippen LogP) is 2.42. The fraction of sp³-hybridized carbons (Fsp3) is 0.667. The van der Waals surface area contributed by atoms with Crippen LogP contribution in [0.3, 0.4) is 0 Å². The Balaban J connectivity index is 2.54. The molecule has 1 aromatic rings. The molecule has 18 heavy (non-hydrogen) atoms. The van der Waals surface area contributed by atoms with Crippen LogP contribution in [0.15, 0.2) is 10.8 Å². The van der Waals surface area contributed by atoms with Gasteiger partial charge in [0.05, 0.1) is 0 Å². The molecule has 0 spiro atoms. The zero-order valence-electron chi connectivity index (χ0n) is 11.5. The van der Waals surface area contributed by atoms with Gasteiger partial charge in [0.15, 0.2) is 0 Å². The Hall–Kier alpha value is -0.880. The van der Waals surface area contributed by atoms with Crippen LogP contribution in [0.4, 0.5) is 11.6 Å². The van der Waals surface area contributed by atoms with E-state index in [0.717, 1.165) is 35.7 Å². The van der Waals surface area contributed by atoms with Crippen molar-refractivity contribution in [2.24, 2.45) is 0 Å². The molecule has 5 nitrogen and oxygen atoms in total. The minimum Gasteiger partial charge on any atom is -0.369 e. The highest BCUT2D eigenvalue weighted by Gasteiger charge is 2.08. The first-order valence-corrected chi connectivity index (χ1v) is 7.04. The molecule has 0 unspecified atom stereocenters. The average Bonchev–Trinajstić information content (AvgIpc) is 2.33.